The van der Waals surface area contributed by atoms with Gasteiger partial charge in [-0.25, -0.2) is 9.97 Å². The number of hydrogen-bond donors (Lipinski definition) is 0. The van der Waals surface area contributed by atoms with E-state index in [-0.39, 0.29) is 5.41 Å². The fraction of sp³-hybridized carbons (Fsp3) is 0.209. The molecular weight excluding hydrogens is 603 g/mol. The average molecular weight is 644 g/mol. The molecule has 244 valence electrons. The van der Waals surface area contributed by atoms with Gasteiger partial charge in [-0.1, -0.05) is 56.7 Å². The topological polar surface area (TPSA) is 46.4 Å². The summed E-state index contributed by atoms with van der Waals surface area (Å²) in [7, 11) is 2.11. The molecule has 7 aromatic rings. The predicted octanol–water partition coefficient (Wildman–Crippen LogP) is 10.8. The first-order chi connectivity index (χ1) is 23.5. The van der Waals surface area contributed by atoms with E-state index in [4.69, 9.17) is 9.72 Å². The fourth-order valence-electron chi connectivity index (χ4n) is 7.45. The number of para-hydroxylation sites is 2. The van der Waals surface area contributed by atoms with Gasteiger partial charge in [0, 0.05) is 48.0 Å². The first-order valence-corrected chi connectivity index (χ1v) is 16.9. The Bertz CT molecular complexity index is 2380. The van der Waals surface area contributed by atoms with Crippen LogP contribution in [0.25, 0.3) is 38.8 Å². The summed E-state index contributed by atoms with van der Waals surface area (Å²) < 4.78 is 8.79. The Hall–Kier alpha value is -5.62. The Balaban J connectivity index is 1.25. The molecule has 8 rings (SSSR count). The van der Waals surface area contributed by atoms with Crippen LogP contribution in [0.2, 0.25) is 0 Å². The average Bonchev–Trinajstić information content (AvgIpc) is 3.58. The Morgan fingerprint density at radius 3 is 2.22 bits per heavy atom. The van der Waals surface area contributed by atoms with Crippen LogP contribution < -0.4 is 14.5 Å². The smallest absolute Gasteiger partial charge is 0.221 e. The van der Waals surface area contributed by atoms with Crippen LogP contribution in [0.3, 0.4) is 0 Å². The van der Waals surface area contributed by atoms with Crippen molar-refractivity contribution in [2.45, 2.75) is 47.0 Å². The second-order valence-corrected chi connectivity index (χ2v) is 14.4. The number of nitrogens with zero attached hydrogens (tertiary/aromatic N) is 5. The molecular formula is C43H41N5O. The normalized spacial score (nSPS) is 13.0. The van der Waals surface area contributed by atoms with E-state index < -0.39 is 0 Å². The van der Waals surface area contributed by atoms with Gasteiger partial charge >= 0.3 is 0 Å². The molecule has 0 unspecified atom stereocenters. The Morgan fingerprint density at radius 1 is 0.694 bits per heavy atom. The summed E-state index contributed by atoms with van der Waals surface area (Å²) in [6, 6.07) is 34.5. The molecule has 6 heteroatoms. The van der Waals surface area contributed by atoms with Gasteiger partial charge in [-0.05, 0) is 109 Å². The molecule has 4 aromatic carbocycles. The monoisotopic (exact) mass is 643 g/mol. The lowest BCUT2D eigenvalue weighted by Gasteiger charge is -2.20. The van der Waals surface area contributed by atoms with Crippen molar-refractivity contribution in [1.29, 1.82) is 0 Å². The number of fused-ring (bicyclic) bond motifs is 4. The largest absolute Gasteiger partial charge is 0.439 e. The lowest BCUT2D eigenvalue weighted by molar-refractivity contribution is 0.463. The van der Waals surface area contributed by atoms with Gasteiger partial charge in [0.15, 0.2) is 0 Å². The Kier molecular flexibility index (Phi) is 7.21. The maximum absolute atomic E-state index is 6.52. The van der Waals surface area contributed by atoms with Gasteiger partial charge in [-0.2, -0.15) is 0 Å². The molecule has 0 fully saturated rings. The van der Waals surface area contributed by atoms with E-state index in [1.165, 1.54) is 50.1 Å². The van der Waals surface area contributed by atoms with Crippen LogP contribution >= 0.6 is 0 Å². The summed E-state index contributed by atoms with van der Waals surface area (Å²) >= 11 is 0. The number of aromatic nitrogens is 3. The molecule has 1 aliphatic heterocycles. The van der Waals surface area contributed by atoms with Crippen LogP contribution in [-0.2, 0) is 5.41 Å². The van der Waals surface area contributed by atoms with E-state index in [0.717, 1.165) is 40.3 Å². The van der Waals surface area contributed by atoms with Crippen LogP contribution in [0.5, 0.6) is 11.6 Å². The van der Waals surface area contributed by atoms with Gasteiger partial charge in [0.2, 0.25) is 5.88 Å². The summed E-state index contributed by atoms with van der Waals surface area (Å²) in [5, 5.41) is 2.33. The van der Waals surface area contributed by atoms with Crippen molar-refractivity contribution >= 4 is 38.9 Å². The van der Waals surface area contributed by atoms with Crippen LogP contribution in [0.15, 0.2) is 109 Å². The van der Waals surface area contributed by atoms with Crippen LogP contribution in [0.1, 0.15) is 43.0 Å². The minimum Gasteiger partial charge on any atom is -0.439 e. The third-order valence-electron chi connectivity index (χ3n) is 9.73. The highest BCUT2D eigenvalue weighted by atomic mass is 16.5. The SMILES string of the molecule is Cc1cc(C)c(-c2ccc3c(c2)c2ccc(Oc4cc(N5CN(C)c6ccccc65)ccn4)cc2n3-c2cc(C(C)(C)C)ccn2)c(C)c1. The number of anilines is 3. The third kappa shape index (κ3) is 5.38. The van der Waals surface area contributed by atoms with E-state index in [9.17, 15) is 0 Å². The molecule has 3 aromatic heterocycles. The van der Waals surface area contributed by atoms with Gasteiger partial charge in [0.1, 0.15) is 11.6 Å². The molecule has 0 amide bonds. The van der Waals surface area contributed by atoms with E-state index >= 15 is 0 Å². The zero-order chi connectivity index (χ0) is 34.0. The molecule has 0 saturated heterocycles. The summed E-state index contributed by atoms with van der Waals surface area (Å²) in [5.41, 5.74) is 13.1. The molecule has 6 nitrogen and oxygen atoms in total. The number of aryl methyl sites for hydroxylation is 3. The van der Waals surface area contributed by atoms with Gasteiger partial charge in [-0.3, -0.25) is 4.57 Å². The van der Waals surface area contributed by atoms with Crippen LogP contribution in [0, 0.1) is 20.8 Å². The second-order valence-electron chi connectivity index (χ2n) is 14.4. The zero-order valence-corrected chi connectivity index (χ0v) is 29.2. The molecule has 0 bridgehead atoms. The summed E-state index contributed by atoms with van der Waals surface area (Å²) in [4.78, 5) is 14.1. The molecule has 0 N–H and O–H groups in total. The van der Waals surface area contributed by atoms with Gasteiger partial charge < -0.3 is 14.5 Å². The standard InChI is InChI=1S/C43H41N5O/c1-27-20-28(2)42(29(3)21-27)30-12-15-36-35(22-30)34-14-13-33(25-39(34)48(36)40-23-31(16-18-44-40)43(4,5)6)49-41-24-32(17-19-45-41)47-26-46(7)37-10-8-9-11-38(37)47/h8-25H,26H2,1-7H3. The second kappa shape index (κ2) is 11.5. The van der Waals surface area contributed by atoms with E-state index in [1.54, 1.807) is 0 Å². The highest BCUT2D eigenvalue weighted by Crippen LogP contribution is 2.42. The summed E-state index contributed by atoms with van der Waals surface area (Å²) in [6.45, 7) is 14.1. The Labute approximate surface area is 288 Å². The molecule has 1 aliphatic rings. The lowest BCUT2D eigenvalue weighted by atomic mass is 9.88. The Morgan fingerprint density at radius 2 is 1.45 bits per heavy atom. The van der Waals surface area contributed by atoms with Crippen LogP contribution in [0.4, 0.5) is 17.1 Å². The molecule has 0 radical (unpaired) electrons. The number of pyridine rings is 2. The lowest BCUT2D eigenvalue weighted by Crippen LogP contribution is -2.23. The van der Waals surface area contributed by atoms with Crippen molar-refractivity contribution in [2.24, 2.45) is 0 Å². The van der Waals surface area contributed by atoms with Crippen molar-refractivity contribution in [3.63, 3.8) is 0 Å². The molecule has 0 saturated carbocycles. The zero-order valence-electron chi connectivity index (χ0n) is 29.2. The summed E-state index contributed by atoms with van der Waals surface area (Å²) in [6.07, 6.45) is 3.74. The van der Waals surface area contributed by atoms with Gasteiger partial charge in [0.25, 0.3) is 0 Å². The van der Waals surface area contributed by atoms with Crippen LogP contribution in [-0.4, -0.2) is 28.3 Å². The van der Waals surface area contributed by atoms with Gasteiger partial charge in [0.05, 0.1) is 29.1 Å². The van der Waals surface area contributed by atoms with Crippen molar-refractivity contribution in [2.75, 3.05) is 23.5 Å². The van der Waals surface area contributed by atoms with Crippen molar-refractivity contribution in [1.82, 2.24) is 14.5 Å². The molecule has 0 aliphatic carbocycles. The minimum absolute atomic E-state index is 0.0142. The number of benzene rings is 4. The molecule has 0 spiro atoms. The highest BCUT2D eigenvalue weighted by molar-refractivity contribution is 6.11. The predicted molar refractivity (Wildman–Crippen MR) is 203 cm³/mol. The highest BCUT2D eigenvalue weighted by Gasteiger charge is 2.25. The molecule has 0 atom stereocenters. The van der Waals surface area contributed by atoms with Crippen molar-refractivity contribution in [3.05, 3.63) is 132 Å². The third-order valence-corrected chi connectivity index (χ3v) is 9.73. The van der Waals surface area contributed by atoms with E-state index in [0.29, 0.717) is 5.88 Å². The van der Waals surface area contributed by atoms with Crippen molar-refractivity contribution in [3.8, 4) is 28.6 Å². The molecule has 49 heavy (non-hydrogen) atoms. The number of hydrogen-bond acceptors (Lipinski definition) is 5. The first kappa shape index (κ1) is 30.7. The quantitative estimate of drug-likeness (QED) is 0.187. The summed E-state index contributed by atoms with van der Waals surface area (Å²) in [5.74, 6) is 2.15. The number of rotatable bonds is 5. The maximum atomic E-state index is 6.52. The fourth-order valence-corrected chi connectivity index (χ4v) is 7.45. The van der Waals surface area contributed by atoms with Gasteiger partial charge in [-0.15, -0.1) is 0 Å². The molecule has 4 heterocycles. The van der Waals surface area contributed by atoms with E-state index in [1.807, 2.05) is 30.6 Å². The van der Waals surface area contributed by atoms with E-state index in [2.05, 4.69) is 147 Å². The minimum atomic E-state index is -0.0142. The maximum Gasteiger partial charge on any atom is 0.221 e. The first-order valence-electron chi connectivity index (χ1n) is 16.9. The number of ether oxygens (including phenoxy) is 1. The van der Waals surface area contributed by atoms with Crippen molar-refractivity contribution < 1.29 is 4.74 Å².